The lowest BCUT2D eigenvalue weighted by atomic mass is 10.0. The second kappa shape index (κ2) is 6.50. The van der Waals surface area contributed by atoms with Crippen LogP contribution in [0.25, 0.3) is 0 Å². The van der Waals surface area contributed by atoms with Crippen LogP contribution >= 0.6 is 15.9 Å². The number of aliphatic hydroxyl groups is 1. The van der Waals surface area contributed by atoms with E-state index in [-0.39, 0.29) is 12.6 Å². The summed E-state index contributed by atoms with van der Waals surface area (Å²) in [6, 6.07) is 7.43. The standard InChI is InChI=1S/C11H14BrNO3/c12-9-3-1-8(2-4-9)7-10(5-6-14)13-11(15)16/h1-4,10,13-14H,5-7H2,(H,15,16)/t10-/m1/s1. The van der Waals surface area contributed by atoms with Crippen molar-refractivity contribution in [3.8, 4) is 0 Å². The van der Waals surface area contributed by atoms with Gasteiger partial charge in [-0.25, -0.2) is 4.79 Å². The molecule has 0 aromatic heterocycles. The fourth-order valence-corrected chi connectivity index (χ4v) is 1.73. The maximum absolute atomic E-state index is 10.5. The molecule has 3 N–H and O–H groups in total. The molecule has 1 atom stereocenters. The Hall–Kier alpha value is -1.07. The van der Waals surface area contributed by atoms with Crippen molar-refractivity contribution in [3.05, 3.63) is 34.3 Å². The van der Waals surface area contributed by atoms with E-state index in [0.717, 1.165) is 10.0 Å². The number of aliphatic hydroxyl groups excluding tert-OH is 1. The third-order valence-electron chi connectivity index (χ3n) is 2.20. The van der Waals surface area contributed by atoms with Gasteiger partial charge in [0.05, 0.1) is 0 Å². The molecule has 0 saturated heterocycles. The van der Waals surface area contributed by atoms with E-state index in [2.05, 4.69) is 21.2 Å². The molecule has 16 heavy (non-hydrogen) atoms. The zero-order chi connectivity index (χ0) is 12.0. The molecule has 1 aromatic carbocycles. The van der Waals surface area contributed by atoms with Crippen molar-refractivity contribution in [2.75, 3.05) is 6.61 Å². The van der Waals surface area contributed by atoms with Crippen molar-refractivity contribution in [1.29, 1.82) is 0 Å². The van der Waals surface area contributed by atoms with Gasteiger partial charge in [0.1, 0.15) is 0 Å². The number of carbonyl (C=O) groups is 1. The highest BCUT2D eigenvalue weighted by molar-refractivity contribution is 9.10. The van der Waals surface area contributed by atoms with E-state index in [1.54, 1.807) is 0 Å². The summed E-state index contributed by atoms with van der Waals surface area (Å²) in [5, 5.41) is 19.9. The Bertz CT molecular complexity index is 340. The first-order valence-corrected chi connectivity index (χ1v) is 5.76. The van der Waals surface area contributed by atoms with Crippen LogP contribution < -0.4 is 5.32 Å². The van der Waals surface area contributed by atoms with E-state index >= 15 is 0 Å². The van der Waals surface area contributed by atoms with Crippen LogP contribution in [0.3, 0.4) is 0 Å². The molecule has 0 aliphatic heterocycles. The summed E-state index contributed by atoms with van der Waals surface area (Å²) in [5.41, 5.74) is 1.04. The zero-order valence-corrected chi connectivity index (χ0v) is 10.3. The van der Waals surface area contributed by atoms with Crippen LogP contribution in [-0.2, 0) is 6.42 Å². The Morgan fingerprint density at radius 2 is 2.00 bits per heavy atom. The summed E-state index contributed by atoms with van der Waals surface area (Å²) in [7, 11) is 0. The molecule has 4 nitrogen and oxygen atoms in total. The topological polar surface area (TPSA) is 69.6 Å². The minimum Gasteiger partial charge on any atom is -0.465 e. The van der Waals surface area contributed by atoms with Crippen molar-refractivity contribution < 1.29 is 15.0 Å². The second-order valence-corrected chi connectivity index (χ2v) is 4.40. The summed E-state index contributed by atoms with van der Waals surface area (Å²) >= 11 is 3.33. The highest BCUT2D eigenvalue weighted by Crippen LogP contribution is 2.12. The van der Waals surface area contributed by atoms with Crippen molar-refractivity contribution in [2.45, 2.75) is 18.9 Å². The third-order valence-corrected chi connectivity index (χ3v) is 2.73. The zero-order valence-electron chi connectivity index (χ0n) is 8.69. The van der Waals surface area contributed by atoms with Gasteiger partial charge in [0.15, 0.2) is 0 Å². The number of nitrogens with one attached hydrogen (secondary N) is 1. The molecule has 0 bridgehead atoms. The van der Waals surface area contributed by atoms with E-state index < -0.39 is 6.09 Å². The Balaban J connectivity index is 2.59. The number of hydrogen-bond donors (Lipinski definition) is 3. The van der Waals surface area contributed by atoms with Crippen LogP contribution in [0, 0.1) is 0 Å². The lowest BCUT2D eigenvalue weighted by Gasteiger charge is -2.15. The van der Waals surface area contributed by atoms with Gasteiger partial charge in [-0.1, -0.05) is 28.1 Å². The SMILES string of the molecule is O=C(O)N[C@H](CCO)Cc1ccc(Br)cc1. The molecular formula is C11H14BrNO3. The molecule has 88 valence electrons. The minimum atomic E-state index is -1.06. The lowest BCUT2D eigenvalue weighted by molar-refractivity contribution is 0.185. The van der Waals surface area contributed by atoms with Crippen molar-refractivity contribution in [2.24, 2.45) is 0 Å². The third kappa shape index (κ3) is 4.63. The first kappa shape index (κ1) is 13.0. The molecule has 0 radical (unpaired) electrons. The first-order chi connectivity index (χ1) is 7.61. The monoisotopic (exact) mass is 287 g/mol. The van der Waals surface area contributed by atoms with Crippen LogP contribution in [0.1, 0.15) is 12.0 Å². The molecule has 0 aliphatic rings. The van der Waals surface area contributed by atoms with E-state index in [9.17, 15) is 4.79 Å². The predicted molar refractivity (Wildman–Crippen MR) is 64.5 cm³/mol. The first-order valence-electron chi connectivity index (χ1n) is 4.96. The minimum absolute atomic E-state index is 0.0263. The van der Waals surface area contributed by atoms with Gasteiger partial charge in [-0.15, -0.1) is 0 Å². The van der Waals surface area contributed by atoms with Gasteiger partial charge in [-0.3, -0.25) is 0 Å². The average molecular weight is 288 g/mol. The van der Waals surface area contributed by atoms with Gasteiger partial charge in [0.25, 0.3) is 0 Å². The predicted octanol–water partition coefficient (Wildman–Crippen LogP) is 2.01. The van der Waals surface area contributed by atoms with Crippen LogP contribution in [0.4, 0.5) is 4.79 Å². The van der Waals surface area contributed by atoms with Crippen molar-refractivity contribution >= 4 is 22.0 Å². The van der Waals surface area contributed by atoms with Crippen LogP contribution in [0.5, 0.6) is 0 Å². The van der Waals surface area contributed by atoms with Crippen molar-refractivity contribution in [1.82, 2.24) is 5.32 Å². The Kier molecular flexibility index (Phi) is 5.28. The number of rotatable bonds is 5. The summed E-state index contributed by atoms with van der Waals surface area (Å²) in [4.78, 5) is 10.5. The molecule has 0 saturated carbocycles. The smallest absolute Gasteiger partial charge is 0.404 e. The second-order valence-electron chi connectivity index (χ2n) is 3.49. The van der Waals surface area contributed by atoms with Crippen molar-refractivity contribution in [3.63, 3.8) is 0 Å². The summed E-state index contributed by atoms with van der Waals surface area (Å²) in [6.45, 7) is -0.0263. The van der Waals surface area contributed by atoms with E-state index in [4.69, 9.17) is 10.2 Å². The largest absolute Gasteiger partial charge is 0.465 e. The fraction of sp³-hybridized carbons (Fsp3) is 0.364. The molecule has 0 fully saturated rings. The van der Waals surface area contributed by atoms with Crippen LogP contribution in [0.2, 0.25) is 0 Å². The number of hydrogen-bond acceptors (Lipinski definition) is 2. The van der Waals surface area contributed by atoms with Gasteiger partial charge in [-0.2, -0.15) is 0 Å². The molecule has 1 aromatic rings. The number of benzene rings is 1. The maximum Gasteiger partial charge on any atom is 0.404 e. The number of amides is 1. The molecular weight excluding hydrogens is 274 g/mol. The molecule has 1 rings (SSSR count). The Morgan fingerprint density at radius 3 is 2.50 bits per heavy atom. The number of halogens is 1. The van der Waals surface area contributed by atoms with E-state index in [0.29, 0.717) is 12.8 Å². The fourth-order valence-electron chi connectivity index (χ4n) is 1.46. The van der Waals surface area contributed by atoms with E-state index in [1.807, 2.05) is 24.3 Å². The molecule has 0 aliphatic carbocycles. The molecule has 5 heteroatoms. The lowest BCUT2D eigenvalue weighted by Crippen LogP contribution is -2.36. The number of carboxylic acid groups (broad SMARTS) is 1. The molecule has 0 unspecified atom stereocenters. The molecule has 0 heterocycles. The van der Waals surface area contributed by atoms with Gasteiger partial charge < -0.3 is 15.5 Å². The highest BCUT2D eigenvalue weighted by Gasteiger charge is 2.11. The summed E-state index contributed by atoms with van der Waals surface area (Å²) in [5.74, 6) is 0. The van der Waals surface area contributed by atoms with Crippen LogP contribution in [0.15, 0.2) is 28.7 Å². The van der Waals surface area contributed by atoms with E-state index in [1.165, 1.54) is 0 Å². The van der Waals surface area contributed by atoms with Gasteiger partial charge in [-0.05, 0) is 30.5 Å². The normalized spacial score (nSPS) is 12.1. The highest BCUT2D eigenvalue weighted by atomic mass is 79.9. The average Bonchev–Trinajstić information content (AvgIpc) is 2.21. The van der Waals surface area contributed by atoms with Gasteiger partial charge in [0, 0.05) is 17.1 Å². The van der Waals surface area contributed by atoms with Crippen LogP contribution in [-0.4, -0.2) is 29.0 Å². The summed E-state index contributed by atoms with van der Waals surface area (Å²) in [6.07, 6.45) is -0.0572. The van der Waals surface area contributed by atoms with Gasteiger partial charge in [0.2, 0.25) is 0 Å². The Labute approximate surface area is 102 Å². The quantitative estimate of drug-likeness (QED) is 0.776. The molecule has 0 spiro atoms. The maximum atomic E-state index is 10.5. The molecule has 1 amide bonds. The van der Waals surface area contributed by atoms with Gasteiger partial charge >= 0.3 is 6.09 Å². The Morgan fingerprint density at radius 1 is 1.38 bits per heavy atom. The summed E-state index contributed by atoms with van der Waals surface area (Å²) < 4.78 is 0.987.